The maximum atomic E-state index is 10.8. The Kier molecular flexibility index (Phi) is 3.37. The van der Waals surface area contributed by atoms with Gasteiger partial charge in [0, 0.05) is 18.2 Å². The molecule has 0 aliphatic heterocycles. The second-order valence-electron chi connectivity index (χ2n) is 3.32. The molecule has 18 heavy (non-hydrogen) atoms. The standard InChI is InChI=1S/C10H10N4O4/c1-17-9-3-2-8(14(15)16)10(12-9)11-6-7-4-5-18-13-7/h2-5H,6H2,1H3,(H,11,12). The number of anilines is 1. The van der Waals surface area contributed by atoms with E-state index in [1.807, 2.05) is 0 Å². The molecule has 0 saturated heterocycles. The maximum Gasteiger partial charge on any atom is 0.311 e. The highest BCUT2D eigenvalue weighted by Gasteiger charge is 2.16. The Morgan fingerprint density at radius 1 is 1.50 bits per heavy atom. The van der Waals surface area contributed by atoms with E-state index < -0.39 is 4.92 Å². The third-order valence-electron chi connectivity index (χ3n) is 2.18. The molecule has 0 radical (unpaired) electrons. The van der Waals surface area contributed by atoms with Crippen molar-refractivity contribution in [1.29, 1.82) is 0 Å². The third-order valence-corrected chi connectivity index (χ3v) is 2.18. The fourth-order valence-corrected chi connectivity index (χ4v) is 1.33. The minimum Gasteiger partial charge on any atom is -0.481 e. The van der Waals surface area contributed by atoms with Gasteiger partial charge in [0.15, 0.2) is 0 Å². The van der Waals surface area contributed by atoms with E-state index >= 15 is 0 Å². The molecule has 0 unspecified atom stereocenters. The first-order valence-electron chi connectivity index (χ1n) is 5.03. The van der Waals surface area contributed by atoms with Crippen LogP contribution >= 0.6 is 0 Å². The molecule has 0 aliphatic rings. The normalized spacial score (nSPS) is 10.1. The molecule has 2 heterocycles. The average molecular weight is 250 g/mol. The first kappa shape index (κ1) is 11.8. The van der Waals surface area contributed by atoms with Gasteiger partial charge in [-0.05, 0) is 0 Å². The van der Waals surface area contributed by atoms with E-state index in [0.717, 1.165) is 0 Å². The van der Waals surface area contributed by atoms with E-state index in [1.165, 1.54) is 25.5 Å². The molecule has 0 aromatic carbocycles. The molecule has 0 atom stereocenters. The van der Waals surface area contributed by atoms with Crippen LogP contribution < -0.4 is 10.1 Å². The quantitative estimate of drug-likeness (QED) is 0.634. The Morgan fingerprint density at radius 2 is 2.33 bits per heavy atom. The first-order chi connectivity index (χ1) is 8.70. The minimum atomic E-state index is -0.516. The molecule has 94 valence electrons. The fourth-order valence-electron chi connectivity index (χ4n) is 1.33. The van der Waals surface area contributed by atoms with Crippen LogP contribution in [0.25, 0.3) is 0 Å². The lowest BCUT2D eigenvalue weighted by Gasteiger charge is -2.05. The van der Waals surface area contributed by atoms with Crippen LogP contribution in [0.15, 0.2) is 29.0 Å². The smallest absolute Gasteiger partial charge is 0.311 e. The zero-order valence-corrected chi connectivity index (χ0v) is 9.49. The van der Waals surface area contributed by atoms with E-state index in [2.05, 4.69) is 20.0 Å². The molecule has 1 N–H and O–H groups in total. The summed E-state index contributed by atoms with van der Waals surface area (Å²) in [5.74, 6) is 0.422. The number of rotatable bonds is 5. The van der Waals surface area contributed by atoms with Crippen LogP contribution in [0.1, 0.15) is 5.69 Å². The minimum absolute atomic E-state index is 0.126. The molecule has 0 amide bonds. The molecular weight excluding hydrogens is 240 g/mol. The van der Waals surface area contributed by atoms with Crippen molar-refractivity contribution in [3.8, 4) is 5.88 Å². The van der Waals surface area contributed by atoms with Crippen LogP contribution in [0.5, 0.6) is 5.88 Å². The highest BCUT2D eigenvalue weighted by atomic mass is 16.6. The topological polar surface area (TPSA) is 103 Å². The van der Waals surface area contributed by atoms with Gasteiger partial charge in [-0.25, -0.2) is 0 Å². The lowest BCUT2D eigenvalue weighted by Crippen LogP contribution is -2.05. The van der Waals surface area contributed by atoms with Gasteiger partial charge in [0.1, 0.15) is 12.0 Å². The van der Waals surface area contributed by atoms with Crippen molar-refractivity contribution in [3.05, 3.63) is 40.3 Å². The highest BCUT2D eigenvalue weighted by Crippen LogP contribution is 2.25. The Balaban J connectivity index is 2.20. The van der Waals surface area contributed by atoms with Crippen molar-refractivity contribution in [3.63, 3.8) is 0 Å². The van der Waals surface area contributed by atoms with Gasteiger partial charge >= 0.3 is 5.69 Å². The summed E-state index contributed by atoms with van der Waals surface area (Å²) in [6.07, 6.45) is 1.42. The summed E-state index contributed by atoms with van der Waals surface area (Å²) in [6.45, 7) is 0.275. The predicted molar refractivity (Wildman–Crippen MR) is 61.3 cm³/mol. The van der Waals surface area contributed by atoms with Crippen molar-refractivity contribution in [2.75, 3.05) is 12.4 Å². The van der Waals surface area contributed by atoms with Gasteiger partial charge in [-0.1, -0.05) is 5.16 Å². The number of hydrogen-bond acceptors (Lipinski definition) is 7. The highest BCUT2D eigenvalue weighted by molar-refractivity contribution is 5.57. The Hall–Kier alpha value is -2.64. The van der Waals surface area contributed by atoms with Crippen LogP contribution in [0.4, 0.5) is 11.5 Å². The fraction of sp³-hybridized carbons (Fsp3) is 0.200. The summed E-state index contributed by atoms with van der Waals surface area (Å²) in [5, 5.41) is 17.3. The number of nitrogens with zero attached hydrogens (tertiary/aromatic N) is 3. The molecule has 0 saturated carbocycles. The van der Waals surface area contributed by atoms with Crippen LogP contribution in [0, 0.1) is 10.1 Å². The molecule has 0 spiro atoms. The zero-order valence-electron chi connectivity index (χ0n) is 9.49. The molecule has 0 bridgehead atoms. The molecule has 2 aromatic rings. The Morgan fingerprint density at radius 3 is 2.94 bits per heavy atom. The predicted octanol–water partition coefficient (Wildman–Crippen LogP) is 1.60. The van der Waals surface area contributed by atoms with Gasteiger partial charge in [0.05, 0.1) is 18.6 Å². The van der Waals surface area contributed by atoms with Gasteiger partial charge in [0.25, 0.3) is 0 Å². The summed E-state index contributed by atoms with van der Waals surface area (Å²) in [4.78, 5) is 14.3. The van der Waals surface area contributed by atoms with Crippen molar-refractivity contribution < 1.29 is 14.2 Å². The van der Waals surface area contributed by atoms with Crippen LogP contribution in [-0.4, -0.2) is 22.2 Å². The van der Waals surface area contributed by atoms with E-state index in [0.29, 0.717) is 11.6 Å². The molecular formula is C10H10N4O4. The molecule has 2 aromatic heterocycles. The Labute approximate surface area is 102 Å². The van der Waals surface area contributed by atoms with Crippen molar-refractivity contribution in [2.24, 2.45) is 0 Å². The maximum absolute atomic E-state index is 10.8. The molecule has 8 heteroatoms. The average Bonchev–Trinajstić information content (AvgIpc) is 2.88. The number of nitrogens with one attached hydrogen (secondary N) is 1. The largest absolute Gasteiger partial charge is 0.481 e. The van der Waals surface area contributed by atoms with Gasteiger partial charge in [-0.2, -0.15) is 4.98 Å². The number of ether oxygens (including phenoxy) is 1. The number of aromatic nitrogens is 2. The SMILES string of the molecule is COc1ccc([N+](=O)[O-])c(NCc2ccon2)n1. The summed E-state index contributed by atoms with van der Waals surface area (Å²) >= 11 is 0. The number of nitro groups is 1. The number of methoxy groups -OCH3 is 1. The number of hydrogen-bond donors (Lipinski definition) is 1. The van der Waals surface area contributed by atoms with E-state index in [-0.39, 0.29) is 18.1 Å². The first-order valence-corrected chi connectivity index (χ1v) is 5.03. The summed E-state index contributed by atoms with van der Waals surface area (Å²) in [7, 11) is 1.44. The van der Waals surface area contributed by atoms with E-state index in [9.17, 15) is 10.1 Å². The Bertz CT molecular complexity index is 541. The summed E-state index contributed by atoms with van der Waals surface area (Å²) in [5.41, 5.74) is 0.494. The van der Waals surface area contributed by atoms with Crippen LogP contribution in [-0.2, 0) is 6.54 Å². The van der Waals surface area contributed by atoms with Gasteiger partial charge in [0.2, 0.25) is 11.7 Å². The second-order valence-corrected chi connectivity index (χ2v) is 3.32. The molecule has 2 rings (SSSR count). The lowest BCUT2D eigenvalue weighted by atomic mass is 10.3. The second kappa shape index (κ2) is 5.13. The van der Waals surface area contributed by atoms with E-state index in [4.69, 9.17) is 4.74 Å². The van der Waals surface area contributed by atoms with Gasteiger partial charge in [-0.3, -0.25) is 10.1 Å². The number of pyridine rings is 1. The zero-order chi connectivity index (χ0) is 13.0. The van der Waals surface area contributed by atoms with Crippen LogP contribution in [0.2, 0.25) is 0 Å². The lowest BCUT2D eigenvalue weighted by molar-refractivity contribution is -0.384. The summed E-state index contributed by atoms with van der Waals surface area (Å²) < 4.78 is 9.58. The van der Waals surface area contributed by atoms with E-state index in [1.54, 1.807) is 6.07 Å². The third kappa shape index (κ3) is 2.54. The van der Waals surface area contributed by atoms with Crippen LogP contribution in [0.3, 0.4) is 0 Å². The van der Waals surface area contributed by atoms with Gasteiger partial charge in [-0.15, -0.1) is 0 Å². The van der Waals surface area contributed by atoms with Crippen molar-refractivity contribution >= 4 is 11.5 Å². The monoisotopic (exact) mass is 250 g/mol. The molecule has 0 fully saturated rings. The summed E-state index contributed by atoms with van der Waals surface area (Å²) in [6, 6.07) is 4.41. The van der Waals surface area contributed by atoms with Crippen molar-refractivity contribution in [1.82, 2.24) is 10.1 Å². The molecule has 0 aliphatic carbocycles. The van der Waals surface area contributed by atoms with Crippen molar-refractivity contribution in [2.45, 2.75) is 6.54 Å². The van der Waals surface area contributed by atoms with Gasteiger partial charge < -0.3 is 14.6 Å². The molecule has 8 nitrogen and oxygen atoms in total.